The minimum atomic E-state index is -0.155. The molecule has 1 aliphatic carbocycles. The van der Waals surface area contributed by atoms with Crippen LogP contribution in [0.3, 0.4) is 0 Å². The zero-order chi connectivity index (χ0) is 11.7. The largest absolute Gasteiger partial charge is 0.490 e. The second-order valence-electron chi connectivity index (χ2n) is 5.06. The van der Waals surface area contributed by atoms with Gasteiger partial charge in [-0.25, -0.2) is 0 Å². The predicted molar refractivity (Wildman–Crippen MR) is 64.9 cm³/mol. The van der Waals surface area contributed by atoms with Gasteiger partial charge in [-0.1, -0.05) is 26.0 Å². The van der Waals surface area contributed by atoms with Crippen molar-refractivity contribution >= 4 is 0 Å². The van der Waals surface area contributed by atoms with Crippen LogP contribution in [0.5, 0.6) is 5.75 Å². The summed E-state index contributed by atoms with van der Waals surface area (Å²) in [5.74, 6) is 1.47. The third-order valence-corrected chi connectivity index (χ3v) is 3.15. The number of aryl methyl sites for hydroxylation is 1. The summed E-state index contributed by atoms with van der Waals surface area (Å²) in [4.78, 5) is 0. The van der Waals surface area contributed by atoms with Crippen LogP contribution in [0.25, 0.3) is 0 Å². The lowest BCUT2D eigenvalue weighted by Gasteiger charge is -2.32. The summed E-state index contributed by atoms with van der Waals surface area (Å²) < 4.78 is 5.93. The molecule has 1 aliphatic rings. The van der Waals surface area contributed by atoms with Crippen LogP contribution >= 0.6 is 0 Å². The molecule has 1 aromatic carbocycles. The van der Waals surface area contributed by atoms with Crippen LogP contribution in [-0.2, 0) is 0 Å². The smallest absolute Gasteiger partial charge is 0.123 e. The van der Waals surface area contributed by atoms with Crippen molar-refractivity contribution in [1.82, 2.24) is 0 Å². The molecule has 2 rings (SSSR count). The maximum absolute atomic E-state index is 9.25. The molecule has 88 valence electrons. The van der Waals surface area contributed by atoms with E-state index in [1.54, 1.807) is 0 Å². The number of aliphatic hydroxyl groups excluding tert-OH is 1. The van der Waals surface area contributed by atoms with Crippen molar-refractivity contribution in [2.75, 3.05) is 0 Å². The van der Waals surface area contributed by atoms with Crippen LogP contribution < -0.4 is 4.74 Å². The third-order valence-electron chi connectivity index (χ3n) is 3.15. The van der Waals surface area contributed by atoms with Gasteiger partial charge in [0.25, 0.3) is 0 Å². The second-order valence-corrected chi connectivity index (χ2v) is 5.06. The van der Waals surface area contributed by atoms with E-state index in [0.29, 0.717) is 5.92 Å². The Labute approximate surface area is 97.3 Å². The monoisotopic (exact) mass is 220 g/mol. The van der Waals surface area contributed by atoms with Gasteiger partial charge in [-0.15, -0.1) is 0 Å². The molecule has 1 fully saturated rings. The summed E-state index contributed by atoms with van der Waals surface area (Å²) in [7, 11) is 0. The first-order valence-corrected chi connectivity index (χ1v) is 6.01. The fourth-order valence-electron chi connectivity index (χ4n) is 2.03. The Balaban J connectivity index is 2.14. The molecule has 1 saturated carbocycles. The van der Waals surface area contributed by atoms with Gasteiger partial charge in [0.15, 0.2) is 0 Å². The van der Waals surface area contributed by atoms with E-state index >= 15 is 0 Å². The molecule has 0 aromatic heterocycles. The van der Waals surface area contributed by atoms with Gasteiger partial charge >= 0.3 is 0 Å². The van der Waals surface area contributed by atoms with Gasteiger partial charge in [0.1, 0.15) is 11.9 Å². The van der Waals surface area contributed by atoms with Crippen LogP contribution in [0.4, 0.5) is 0 Å². The van der Waals surface area contributed by atoms with E-state index in [2.05, 4.69) is 39.0 Å². The van der Waals surface area contributed by atoms with Crippen LogP contribution in [0.15, 0.2) is 18.2 Å². The normalized spacial score (nSPS) is 24.3. The van der Waals surface area contributed by atoms with Crippen molar-refractivity contribution in [3.8, 4) is 5.75 Å². The minimum Gasteiger partial charge on any atom is -0.490 e. The van der Waals surface area contributed by atoms with Gasteiger partial charge in [-0.2, -0.15) is 0 Å². The molecular formula is C14H20O2. The SMILES string of the molecule is Cc1ccc(C(C)C)c(OC2CC(O)C2)c1. The Hall–Kier alpha value is -1.02. The summed E-state index contributed by atoms with van der Waals surface area (Å²) >= 11 is 0. The topological polar surface area (TPSA) is 29.5 Å². The summed E-state index contributed by atoms with van der Waals surface area (Å²) in [5, 5.41) is 9.25. The average Bonchev–Trinajstić information content (AvgIpc) is 2.15. The summed E-state index contributed by atoms with van der Waals surface area (Å²) in [6.07, 6.45) is 1.59. The van der Waals surface area contributed by atoms with Crippen molar-refractivity contribution in [3.63, 3.8) is 0 Å². The maximum Gasteiger partial charge on any atom is 0.123 e. The van der Waals surface area contributed by atoms with E-state index in [1.807, 2.05) is 0 Å². The van der Waals surface area contributed by atoms with Crippen LogP contribution in [0.1, 0.15) is 43.7 Å². The molecule has 0 spiro atoms. The quantitative estimate of drug-likeness (QED) is 0.848. The number of benzene rings is 1. The van der Waals surface area contributed by atoms with Crippen molar-refractivity contribution < 1.29 is 9.84 Å². The Morgan fingerprint density at radius 3 is 2.56 bits per heavy atom. The summed E-state index contributed by atoms with van der Waals surface area (Å²) in [6.45, 7) is 6.42. The molecule has 16 heavy (non-hydrogen) atoms. The lowest BCUT2D eigenvalue weighted by molar-refractivity contribution is -0.0112. The van der Waals surface area contributed by atoms with E-state index < -0.39 is 0 Å². The molecule has 0 radical (unpaired) electrons. The second kappa shape index (κ2) is 4.46. The van der Waals surface area contributed by atoms with Gasteiger partial charge < -0.3 is 9.84 Å². The third kappa shape index (κ3) is 2.38. The van der Waals surface area contributed by atoms with Gasteiger partial charge in [0.2, 0.25) is 0 Å². The number of rotatable bonds is 3. The van der Waals surface area contributed by atoms with Gasteiger partial charge in [-0.3, -0.25) is 0 Å². The first-order chi connectivity index (χ1) is 7.56. The van der Waals surface area contributed by atoms with Crippen molar-refractivity contribution in [1.29, 1.82) is 0 Å². The number of hydrogen-bond acceptors (Lipinski definition) is 2. The number of hydrogen-bond donors (Lipinski definition) is 1. The fraction of sp³-hybridized carbons (Fsp3) is 0.571. The van der Waals surface area contributed by atoms with Crippen molar-refractivity contribution in [3.05, 3.63) is 29.3 Å². The molecule has 1 N–H and O–H groups in total. The lowest BCUT2D eigenvalue weighted by atomic mass is 9.92. The highest BCUT2D eigenvalue weighted by atomic mass is 16.5. The average molecular weight is 220 g/mol. The van der Waals surface area contributed by atoms with Crippen LogP contribution in [-0.4, -0.2) is 17.3 Å². The Kier molecular flexibility index (Phi) is 3.20. The van der Waals surface area contributed by atoms with Crippen molar-refractivity contribution in [2.24, 2.45) is 0 Å². The van der Waals surface area contributed by atoms with E-state index in [1.165, 1.54) is 11.1 Å². The molecule has 0 unspecified atom stereocenters. The molecule has 0 atom stereocenters. The molecule has 0 amide bonds. The molecular weight excluding hydrogens is 200 g/mol. The van der Waals surface area contributed by atoms with Gasteiger partial charge in [0, 0.05) is 12.8 Å². The van der Waals surface area contributed by atoms with Crippen molar-refractivity contribution in [2.45, 2.75) is 51.7 Å². The molecule has 0 aliphatic heterocycles. The first-order valence-electron chi connectivity index (χ1n) is 6.01. The van der Waals surface area contributed by atoms with E-state index in [9.17, 15) is 5.11 Å². The molecule has 2 nitrogen and oxygen atoms in total. The fourth-order valence-corrected chi connectivity index (χ4v) is 2.03. The Bertz CT molecular complexity index is 365. The van der Waals surface area contributed by atoms with E-state index in [0.717, 1.165) is 18.6 Å². The van der Waals surface area contributed by atoms with E-state index in [4.69, 9.17) is 4.74 Å². The molecule has 0 saturated heterocycles. The Morgan fingerprint density at radius 1 is 1.31 bits per heavy atom. The van der Waals surface area contributed by atoms with Crippen LogP contribution in [0.2, 0.25) is 0 Å². The zero-order valence-electron chi connectivity index (χ0n) is 10.2. The standard InChI is InChI=1S/C14H20O2/c1-9(2)13-5-4-10(3)6-14(13)16-12-7-11(15)8-12/h4-6,9,11-12,15H,7-8H2,1-3H3. The number of ether oxygens (including phenoxy) is 1. The molecule has 2 heteroatoms. The van der Waals surface area contributed by atoms with Crippen LogP contribution in [0, 0.1) is 6.92 Å². The highest BCUT2D eigenvalue weighted by Crippen LogP contribution is 2.32. The van der Waals surface area contributed by atoms with Gasteiger partial charge in [-0.05, 0) is 30.0 Å². The molecule has 1 aromatic rings. The highest BCUT2D eigenvalue weighted by molar-refractivity contribution is 5.39. The number of aliphatic hydroxyl groups is 1. The molecule has 0 heterocycles. The first kappa shape index (κ1) is 11.5. The van der Waals surface area contributed by atoms with Gasteiger partial charge in [0.05, 0.1) is 6.10 Å². The maximum atomic E-state index is 9.25. The minimum absolute atomic E-state index is 0.155. The predicted octanol–water partition coefficient (Wildman–Crippen LogP) is 3.02. The summed E-state index contributed by atoms with van der Waals surface area (Å²) in [6, 6.07) is 6.36. The highest BCUT2D eigenvalue weighted by Gasteiger charge is 2.29. The Morgan fingerprint density at radius 2 is 2.00 bits per heavy atom. The summed E-state index contributed by atoms with van der Waals surface area (Å²) in [5.41, 5.74) is 2.48. The zero-order valence-corrected chi connectivity index (χ0v) is 10.2. The van der Waals surface area contributed by atoms with E-state index in [-0.39, 0.29) is 12.2 Å². The lowest BCUT2D eigenvalue weighted by Crippen LogP contribution is -2.37. The molecule has 0 bridgehead atoms.